The Hall–Kier alpha value is -1.49. The smallest absolute Gasteiger partial charge is 0.0675 e. The molecule has 0 aliphatic carbocycles. The number of nitrogens with zero attached hydrogens (tertiary/aromatic N) is 2. The van der Waals surface area contributed by atoms with Gasteiger partial charge in [0.25, 0.3) is 0 Å². The zero-order valence-electron chi connectivity index (χ0n) is 11.1. The molecule has 90 valence electrons. The summed E-state index contributed by atoms with van der Waals surface area (Å²) >= 11 is 0. The molecule has 0 bridgehead atoms. The van der Waals surface area contributed by atoms with Gasteiger partial charge >= 0.3 is 0 Å². The first-order valence-electron chi connectivity index (χ1n) is 6.18. The third-order valence-electron chi connectivity index (χ3n) is 3.71. The molecule has 1 aromatic rings. The Bertz CT molecular complexity index is 468. The first kappa shape index (κ1) is 12.0. The zero-order valence-corrected chi connectivity index (χ0v) is 11.1. The number of rotatable bonds is 1. The van der Waals surface area contributed by atoms with E-state index in [-0.39, 0.29) is 11.5 Å². The fourth-order valence-corrected chi connectivity index (χ4v) is 2.86. The molecule has 2 rings (SSSR count). The van der Waals surface area contributed by atoms with Crippen LogP contribution in [0.4, 0.5) is 5.69 Å². The van der Waals surface area contributed by atoms with Crippen LogP contribution >= 0.6 is 0 Å². The first-order valence-corrected chi connectivity index (χ1v) is 6.18. The number of anilines is 1. The van der Waals surface area contributed by atoms with Crippen molar-refractivity contribution in [2.75, 3.05) is 11.4 Å². The highest BCUT2D eigenvalue weighted by atomic mass is 15.2. The minimum absolute atomic E-state index is 0.0837. The number of hydrogen-bond donors (Lipinski definition) is 0. The normalized spacial score (nSPS) is 22.5. The van der Waals surface area contributed by atoms with Crippen molar-refractivity contribution < 1.29 is 0 Å². The lowest BCUT2D eigenvalue weighted by Crippen LogP contribution is -2.38. The molecule has 0 aromatic heterocycles. The maximum absolute atomic E-state index is 9.10. The lowest BCUT2D eigenvalue weighted by Gasteiger charge is -2.34. The van der Waals surface area contributed by atoms with Gasteiger partial charge in [0.2, 0.25) is 0 Å². The summed E-state index contributed by atoms with van der Waals surface area (Å²) in [5.41, 5.74) is 3.95. The van der Waals surface area contributed by atoms with Crippen LogP contribution in [-0.4, -0.2) is 12.1 Å². The Morgan fingerprint density at radius 1 is 1.35 bits per heavy atom. The quantitative estimate of drug-likeness (QED) is 0.736. The topological polar surface area (TPSA) is 27.0 Å². The molecule has 1 atom stereocenters. The SMILES string of the molecule is Cc1ccc(N2CC(C#N)CC2(C)C)c(C)c1. The van der Waals surface area contributed by atoms with Gasteiger partial charge in [-0.1, -0.05) is 17.7 Å². The fraction of sp³-hybridized carbons (Fsp3) is 0.533. The van der Waals surface area contributed by atoms with Gasteiger partial charge in [-0.05, 0) is 45.7 Å². The highest BCUT2D eigenvalue weighted by Gasteiger charge is 2.38. The van der Waals surface area contributed by atoms with E-state index in [1.807, 2.05) is 0 Å². The molecule has 2 heteroatoms. The van der Waals surface area contributed by atoms with Crippen LogP contribution in [0.25, 0.3) is 0 Å². The van der Waals surface area contributed by atoms with Crippen molar-refractivity contribution in [3.05, 3.63) is 29.3 Å². The van der Waals surface area contributed by atoms with Crippen molar-refractivity contribution in [3.8, 4) is 6.07 Å². The maximum atomic E-state index is 9.10. The molecule has 1 aliphatic rings. The highest BCUT2D eigenvalue weighted by Crippen LogP contribution is 2.38. The molecular formula is C15H20N2. The standard InChI is InChI=1S/C15H20N2/c1-11-5-6-14(12(2)7-11)17-10-13(9-16)8-15(17,3)4/h5-7,13H,8,10H2,1-4H3. The molecule has 0 saturated carbocycles. The van der Waals surface area contributed by atoms with Crippen LogP contribution < -0.4 is 4.90 Å². The van der Waals surface area contributed by atoms with Crippen molar-refractivity contribution in [3.63, 3.8) is 0 Å². The Morgan fingerprint density at radius 2 is 2.06 bits per heavy atom. The second-order valence-electron chi connectivity index (χ2n) is 5.74. The highest BCUT2D eigenvalue weighted by molar-refractivity contribution is 5.57. The van der Waals surface area contributed by atoms with E-state index in [0.717, 1.165) is 13.0 Å². The van der Waals surface area contributed by atoms with E-state index in [1.165, 1.54) is 16.8 Å². The lowest BCUT2D eigenvalue weighted by molar-refractivity contribution is 0.502. The van der Waals surface area contributed by atoms with E-state index in [1.54, 1.807) is 0 Å². The molecule has 1 aromatic carbocycles. The van der Waals surface area contributed by atoms with E-state index in [4.69, 9.17) is 5.26 Å². The molecule has 17 heavy (non-hydrogen) atoms. The van der Waals surface area contributed by atoms with Gasteiger partial charge in [-0.15, -0.1) is 0 Å². The number of nitriles is 1. The van der Waals surface area contributed by atoms with Crippen molar-refractivity contribution in [1.29, 1.82) is 5.26 Å². The second-order valence-corrected chi connectivity index (χ2v) is 5.74. The molecule has 1 aliphatic heterocycles. The van der Waals surface area contributed by atoms with Gasteiger partial charge in [-0.3, -0.25) is 0 Å². The average Bonchev–Trinajstić information content (AvgIpc) is 2.54. The van der Waals surface area contributed by atoms with Crippen molar-refractivity contribution in [1.82, 2.24) is 0 Å². The predicted octanol–water partition coefficient (Wildman–Crippen LogP) is 3.43. The summed E-state index contributed by atoms with van der Waals surface area (Å²) in [4.78, 5) is 2.38. The number of hydrogen-bond acceptors (Lipinski definition) is 2. The Labute approximate surface area is 104 Å². The minimum atomic E-state index is 0.0837. The zero-order chi connectivity index (χ0) is 12.6. The molecular weight excluding hydrogens is 208 g/mol. The first-order chi connectivity index (χ1) is 7.94. The van der Waals surface area contributed by atoms with Gasteiger partial charge in [-0.2, -0.15) is 5.26 Å². The summed E-state index contributed by atoms with van der Waals surface area (Å²) in [6.07, 6.45) is 0.955. The third-order valence-corrected chi connectivity index (χ3v) is 3.71. The van der Waals surface area contributed by atoms with Crippen LogP contribution in [0, 0.1) is 31.1 Å². The molecule has 0 radical (unpaired) electrons. The summed E-state index contributed by atoms with van der Waals surface area (Å²) in [6, 6.07) is 8.96. The monoisotopic (exact) mass is 228 g/mol. The molecule has 1 heterocycles. The van der Waals surface area contributed by atoms with Crippen LogP contribution in [0.2, 0.25) is 0 Å². The van der Waals surface area contributed by atoms with E-state index in [9.17, 15) is 0 Å². The Kier molecular flexibility index (Phi) is 2.87. The maximum Gasteiger partial charge on any atom is 0.0675 e. The van der Waals surface area contributed by atoms with Gasteiger partial charge in [-0.25, -0.2) is 0 Å². The summed E-state index contributed by atoms with van der Waals surface area (Å²) in [5.74, 6) is 0.158. The summed E-state index contributed by atoms with van der Waals surface area (Å²) in [6.45, 7) is 9.57. The average molecular weight is 228 g/mol. The molecule has 0 N–H and O–H groups in total. The van der Waals surface area contributed by atoms with Crippen molar-refractivity contribution >= 4 is 5.69 Å². The second kappa shape index (κ2) is 4.07. The van der Waals surface area contributed by atoms with E-state index >= 15 is 0 Å². The Morgan fingerprint density at radius 3 is 2.59 bits per heavy atom. The van der Waals surface area contributed by atoms with Gasteiger partial charge < -0.3 is 4.90 Å². The van der Waals surface area contributed by atoms with Crippen LogP contribution in [0.15, 0.2) is 18.2 Å². The van der Waals surface area contributed by atoms with Crippen LogP contribution in [-0.2, 0) is 0 Å². The van der Waals surface area contributed by atoms with E-state index in [0.29, 0.717) is 0 Å². The van der Waals surface area contributed by atoms with Gasteiger partial charge in [0, 0.05) is 17.8 Å². The van der Waals surface area contributed by atoms with Gasteiger partial charge in [0.05, 0.1) is 12.0 Å². The van der Waals surface area contributed by atoms with Crippen molar-refractivity contribution in [2.45, 2.75) is 39.7 Å². The molecule has 1 saturated heterocycles. The van der Waals surface area contributed by atoms with E-state index in [2.05, 4.69) is 56.9 Å². The van der Waals surface area contributed by atoms with Crippen LogP contribution in [0.1, 0.15) is 31.4 Å². The fourth-order valence-electron chi connectivity index (χ4n) is 2.86. The van der Waals surface area contributed by atoms with Crippen LogP contribution in [0.3, 0.4) is 0 Å². The van der Waals surface area contributed by atoms with Gasteiger partial charge in [0.15, 0.2) is 0 Å². The van der Waals surface area contributed by atoms with E-state index < -0.39 is 0 Å². The summed E-state index contributed by atoms with van der Waals surface area (Å²) in [5, 5.41) is 9.10. The minimum Gasteiger partial charge on any atom is -0.365 e. The predicted molar refractivity (Wildman–Crippen MR) is 71.1 cm³/mol. The summed E-state index contributed by atoms with van der Waals surface area (Å²) in [7, 11) is 0. The summed E-state index contributed by atoms with van der Waals surface area (Å²) < 4.78 is 0. The Balaban J connectivity index is 2.37. The van der Waals surface area contributed by atoms with Crippen molar-refractivity contribution in [2.24, 2.45) is 5.92 Å². The molecule has 1 unspecified atom stereocenters. The molecule has 2 nitrogen and oxygen atoms in total. The largest absolute Gasteiger partial charge is 0.365 e. The number of aryl methyl sites for hydroxylation is 2. The third kappa shape index (κ3) is 2.15. The van der Waals surface area contributed by atoms with Gasteiger partial charge in [0.1, 0.15) is 0 Å². The lowest BCUT2D eigenvalue weighted by atomic mass is 9.96. The van der Waals surface area contributed by atoms with Crippen LogP contribution in [0.5, 0.6) is 0 Å². The molecule has 0 spiro atoms. The number of benzene rings is 1. The molecule has 1 fully saturated rings. The molecule has 0 amide bonds.